The molecule has 2 saturated heterocycles. The van der Waals surface area contributed by atoms with Gasteiger partial charge in [-0.2, -0.15) is 0 Å². The molecule has 4 heterocycles. The number of thiazole rings is 2. The number of hydrogen-bond acceptors (Lipinski definition) is 10. The van der Waals surface area contributed by atoms with Crippen molar-refractivity contribution in [3.8, 4) is 0 Å². The van der Waals surface area contributed by atoms with Crippen LogP contribution in [-0.2, 0) is 22.7 Å². The third-order valence-corrected chi connectivity index (χ3v) is 11.8. The van der Waals surface area contributed by atoms with Crippen molar-refractivity contribution < 1.29 is 28.6 Å². The largest absolute Gasteiger partial charge is 0.396 e. The Morgan fingerprint density at radius 1 is 0.789 bits per heavy atom. The summed E-state index contributed by atoms with van der Waals surface area (Å²) in [5.41, 5.74) is 1.85. The second-order valence-corrected chi connectivity index (χ2v) is 19.5. The highest BCUT2D eigenvalue weighted by Gasteiger charge is 2.31. The normalized spacial score (nSPS) is 17.1. The average Bonchev–Trinajstić information content (AvgIpc) is 3.85. The van der Waals surface area contributed by atoms with E-state index in [9.17, 15) is 23.5 Å². The minimum absolute atomic E-state index is 0.0294. The number of rotatable bonds is 9. The van der Waals surface area contributed by atoms with Gasteiger partial charge in [-0.1, -0.05) is 41.5 Å². The maximum absolute atomic E-state index is 13.3. The fraction of sp³-hybridized carbons (Fsp3) is 0.524. The number of anilines is 3. The minimum atomic E-state index is -0.561. The van der Waals surface area contributed by atoms with Gasteiger partial charge in [-0.05, 0) is 109 Å². The number of aliphatic hydroxyl groups excluding tert-OH is 2. The van der Waals surface area contributed by atoms with Gasteiger partial charge in [0.1, 0.15) is 11.6 Å². The Bertz CT molecular complexity index is 1840. The Morgan fingerprint density at radius 2 is 1.28 bits per heavy atom. The van der Waals surface area contributed by atoms with E-state index < -0.39 is 10.8 Å². The molecule has 2 atom stereocenters. The number of halogens is 3. The van der Waals surface area contributed by atoms with Crippen LogP contribution < -0.4 is 20.0 Å². The molecule has 2 aromatic carbocycles. The zero-order valence-electron chi connectivity index (χ0n) is 33.8. The first kappa shape index (κ1) is 46.4. The number of nitrogens with zero attached hydrogens (tertiary/aromatic N) is 5. The van der Waals surface area contributed by atoms with E-state index in [1.807, 2.05) is 52.3 Å². The van der Waals surface area contributed by atoms with Crippen LogP contribution in [0.4, 0.5) is 25.3 Å². The van der Waals surface area contributed by atoms with E-state index in [2.05, 4.69) is 31.1 Å². The number of hydrogen-bond donors (Lipinski definition) is 3. The summed E-state index contributed by atoms with van der Waals surface area (Å²) in [5.74, 6) is 0.109. The average molecular weight is 892 g/mol. The SMILES string of the molecule is CC(C)(C)C(=O)N(Cc1csc(Br)n1)c1ccc(F)cc1.CC(C)(C)C(=O)N(Cc1csc(N2CCCC(CO)C2)n1)c1ccc(F)cc1.OCC1CCCNC1. The molecule has 3 N–H and O–H groups in total. The molecule has 0 bridgehead atoms. The van der Waals surface area contributed by atoms with E-state index in [0.717, 1.165) is 59.5 Å². The van der Waals surface area contributed by atoms with Crippen LogP contribution in [0.5, 0.6) is 0 Å². The van der Waals surface area contributed by atoms with Crippen LogP contribution in [0.15, 0.2) is 63.2 Å². The van der Waals surface area contributed by atoms with Crippen molar-refractivity contribution >= 4 is 66.9 Å². The summed E-state index contributed by atoms with van der Waals surface area (Å²) >= 11 is 6.35. The summed E-state index contributed by atoms with van der Waals surface area (Å²) in [5, 5.41) is 26.1. The molecule has 0 saturated carbocycles. The number of carbonyl (C=O) groups excluding carboxylic acids is 2. The fourth-order valence-corrected chi connectivity index (χ4v) is 8.17. The molecule has 10 nitrogen and oxygen atoms in total. The molecule has 2 aromatic heterocycles. The highest BCUT2D eigenvalue weighted by atomic mass is 79.9. The van der Waals surface area contributed by atoms with Crippen molar-refractivity contribution in [2.45, 2.75) is 80.3 Å². The first-order chi connectivity index (χ1) is 27.0. The monoisotopic (exact) mass is 890 g/mol. The number of carbonyl (C=O) groups is 2. The molecule has 2 aliphatic heterocycles. The summed E-state index contributed by atoms with van der Waals surface area (Å²) in [6.45, 7) is 16.4. The molecule has 2 amide bonds. The van der Waals surface area contributed by atoms with Gasteiger partial charge in [-0.3, -0.25) is 9.59 Å². The molecular weight excluding hydrogens is 835 g/mol. The Balaban J connectivity index is 0.000000217. The molecule has 15 heteroatoms. The van der Waals surface area contributed by atoms with Gasteiger partial charge in [-0.25, -0.2) is 18.7 Å². The van der Waals surface area contributed by atoms with Crippen LogP contribution in [0.2, 0.25) is 0 Å². The Hall–Kier alpha value is -3.34. The van der Waals surface area contributed by atoms with Crippen LogP contribution in [0.1, 0.15) is 78.6 Å². The molecule has 0 aliphatic carbocycles. The number of nitrogens with one attached hydrogen (secondary N) is 1. The molecule has 57 heavy (non-hydrogen) atoms. The van der Waals surface area contributed by atoms with Gasteiger partial charge in [0.25, 0.3) is 0 Å². The quantitative estimate of drug-likeness (QED) is 0.153. The number of amides is 2. The predicted octanol–water partition coefficient (Wildman–Crippen LogP) is 8.67. The van der Waals surface area contributed by atoms with Gasteiger partial charge in [0.2, 0.25) is 11.8 Å². The zero-order chi connectivity index (χ0) is 41.8. The summed E-state index contributed by atoms with van der Waals surface area (Å²) in [7, 11) is 0. The van der Waals surface area contributed by atoms with Crippen molar-refractivity contribution in [3.05, 3.63) is 86.2 Å². The molecular formula is C42H57BrF2N6O4S2. The maximum Gasteiger partial charge on any atom is 0.232 e. The van der Waals surface area contributed by atoms with E-state index in [1.54, 1.807) is 45.4 Å². The maximum atomic E-state index is 13.3. The number of aromatic nitrogens is 2. The van der Waals surface area contributed by atoms with Crippen LogP contribution in [0.3, 0.4) is 0 Å². The van der Waals surface area contributed by atoms with Crippen molar-refractivity contribution in [1.82, 2.24) is 15.3 Å². The van der Waals surface area contributed by atoms with Crippen LogP contribution in [0, 0.1) is 34.3 Å². The predicted molar refractivity (Wildman–Crippen MR) is 231 cm³/mol. The van der Waals surface area contributed by atoms with Gasteiger partial charge in [-0.15, -0.1) is 22.7 Å². The lowest BCUT2D eigenvalue weighted by molar-refractivity contribution is -0.126. The van der Waals surface area contributed by atoms with E-state index in [-0.39, 0.29) is 30.1 Å². The number of aliphatic hydroxyl groups is 2. The number of benzene rings is 2. The van der Waals surface area contributed by atoms with Crippen LogP contribution in [0.25, 0.3) is 0 Å². The summed E-state index contributed by atoms with van der Waals surface area (Å²) < 4.78 is 27.2. The summed E-state index contributed by atoms with van der Waals surface area (Å²) in [6, 6.07) is 11.9. The van der Waals surface area contributed by atoms with Crippen molar-refractivity contribution in [1.29, 1.82) is 0 Å². The molecule has 2 aliphatic rings. The summed E-state index contributed by atoms with van der Waals surface area (Å²) in [6.07, 6.45) is 4.52. The smallest absolute Gasteiger partial charge is 0.232 e. The molecule has 2 fully saturated rings. The summed E-state index contributed by atoms with van der Waals surface area (Å²) in [4.78, 5) is 40.3. The van der Waals surface area contributed by atoms with Crippen molar-refractivity contribution in [3.63, 3.8) is 0 Å². The Morgan fingerprint density at radius 3 is 1.70 bits per heavy atom. The molecule has 4 aromatic rings. The van der Waals surface area contributed by atoms with E-state index in [0.29, 0.717) is 42.9 Å². The molecule has 0 spiro atoms. The van der Waals surface area contributed by atoms with E-state index in [4.69, 9.17) is 10.1 Å². The molecule has 312 valence electrons. The van der Waals surface area contributed by atoms with Crippen LogP contribution in [-0.4, -0.2) is 71.4 Å². The highest BCUT2D eigenvalue weighted by Crippen LogP contribution is 2.30. The molecule has 0 radical (unpaired) electrons. The first-order valence-electron chi connectivity index (χ1n) is 19.3. The lowest BCUT2D eigenvalue weighted by Gasteiger charge is -2.31. The standard InChI is InChI=1S/C21H28FN3O2S.C15H16BrFN2OS.C6H13NO/c1-21(2,3)19(27)25(18-8-6-16(22)7-9-18)12-17-14-28-20(23-17)24-10-4-5-15(11-24)13-26;1-15(2,3)13(20)19(8-11-9-21-14(16)18-11)12-6-4-10(17)5-7-12;8-5-6-2-1-3-7-4-6/h6-9,14-15,26H,4-5,10-13H2,1-3H3;4-7,9H,8H2,1-3H3;6-8H,1-5H2. The number of piperidine rings is 2. The second-order valence-electron chi connectivity index (χ2n) is 16.5. The van der Waals surface area contributed by atoms with E-state index >= 15 is 0 Å². The van der Waals surface area contributed by atoms with Crippen molar-refractivity contribution in [2.24, 2.45) is 22.7 Å². The van der Waals surface area contributed by atoms with Gasteiger partial charge in [0, 0.05) is 65.8 Å². The lowest BCUT2D eigenvalue weighted by Crippen LogP contribution is -2.39. The van der Waals surface area contributed by atoms with E-state index in [1.165, 1.54) is 48.4 Å². The lowest BCUT2D eigenvalue weighted by atomic mass is 9.94. The van der Waals surface area contributed by atoms with Gasteiger partial charge >= 0.3 is 0 Å². The van der Waals surface area contributed by atoms with Gasteiger partial charge in [0.15, 0.2) is 9.05 Å². The van der Waals surface area contributed by atoms with Gasteiger partial charge in [0.05, 0.1) is 24.5 Å². The highest BCUT2D eigenvalue weighted by molar-refractivity contribution is 9.11. The molecule has 6 rings (SSSR count). The van der Waals surface area contributed by atoms with Gasteiger partial charge < -0.3 is 30.2 Å². The first-order valence-corrected chi connectivity index (χ1v) is 21.9. The van der Waals surface area contributed by atoms with Crippen LogP contribution >= 0.6 is 38.6 Å². The van der Waals surface area contributed by atoms with Crippen molar-refractivity contribution in [2.75, 3.05) is 54.1 Å². The third-order valence-electron chi connectivity index (χ3n) is 9.46. The zero-order valence-corrected chi connectivity index (χ0v) is 37.0. The topological polar surface area (TPSA) is 122 Å². The Labute approximate surface area is 352 Å². The minimum Gasteiger partial charge on any atom is -0.396 e. The fourth-order valence-electron chi connectivity index (χ4n) is 6.27. The Kier molecular flexibility index (Phi) is 17.6. The third kappa shape index (κ3) is 14.5. The second kappa shape index (κ2) is 21.6. The molecule has 2 unspecified atom stereocenters.